The Morgan fingerprint density at radius 2 is 0.613 bits per heavy atom. The van der Waals surface area contributed by atoms with Gasteiger partial charge in [0.25, 0.3) is 0 Å². The van der Waals surface area contributed by atoms with Crippen LogP contribution in [0.25, 0.3) is 0 Å². The molecule has 3 unspecified atom stereocenters. The molecule has 0 aromatic carbocycles. The van der Waals surface area contributed by atoms with Crippen molar-refractivity contribution in [2.75, 3.05) is 26.4 Å². The number of phosphoric ester groups is 1. The fraction of sp³-hybridized carbons (Fsp3) is 0.544. The Balaban J connectivity index is 4.88. The Hall–Kier alpha value is -5.16. The fourth-order valence-electron chi connectivity index (χ4n) is 7.16. The van der Waals surface area contributed by atoms with E-state index in [2.05, 4.69) is 191 Å². The molecule has 0 rings (SSSR count). The first kappa shape index (κ1) is 74.8. The van der Waals surface area contributed by atoms with Crippen LogP contribution >= 0.6 is 7.82 Å². The van der Waals surface area contributed by atoms with E-state index in [1.54, 1.807) is 0 Å². The SMILES string of the molecule is CC/C=C\C/C=C\C/C=C\C/C=C\C/C=C\CCCCCC(=O)OC(CO)COP(=O)(O)OCC(COC(=O)CCCC/C=C\C/C=C\C/C=C\C/C=C\CC)OC(=O)CCCCC/C=C\C/C=C\C/C=C\C/C=C\C/C=C\CC. The van der Waals surface area contributed by atoms with Crippen LogP contribution in [0.1, 0.15) is 201 Å². The summed E-state index contributed by atoms with van der Waals surface area (Å²) in [6.07, 6.45) is 80.3. The number of aliphatic hydroxyl groups is 1. The summed E-state index contributed by atoms with van der Waals surface area (Å²) in [5.41, 5.74) is 0. The summed E-state index contributed by atoms with van der Waals surface area (Å²) in [4.78, 5) is 48.6. The molecule has 0 radical (unpaired) electrons. The average Bonchev–Trinajstić information content (AvgIpc) is 3.45. The molecule has 12 heteroatoms. The monoisotopic (exact) mass is 1130 g/mol. The second kappa shape index (κ2) is 59.9. The summed E-state index contributed by atoms with van der Waals surface area (Å²) in [6, 6.07) is 0. The van der Waals surface area contributed by atoms with Crippen molar-refractivity contribution in [1.82, 2.24) is 0 Å². The highest BCUT2D eigenvalue weighted by molar-refractivity contribution is 7.47. The van der Waals surface area contributed by atoms with Gasteiger partial charge >= 0.3 is 25.7 Å². The van der Waals surface area contributed by atoms with Gasteiger partial charge in [0.15, 0.2) is 6.10 Å². The first-order chi connectivity index (χ1) is 39.2. The van der Waals surface area contributed by atoms with Crippen molar-refractivity contribution in [3.63, 3.8) is 0 Å². The smallest absolute Gasteiger partial charge is 0.462 e. The molecule has 0 spiro atoms. The summed E-state index contributed by atoms with van der Waals surface area (Å²) in [7, 11) is -4.79. The molecule has 0 aromatic heterocycles. The van der Waals surface area contributed by atoms with Crippen molar-refractivity contribution in [1.29, 1.82) is 0 Å². The molecule has 11 nitrogen and oxygen atoms in total. The summed E-state index contributed by atoms with van der Waals surface area (Å²) < 4.78 is 39.5. The van der Waals surface area contributed by atoms with Gasteiger partial charge in [-0.25, -0.2) is 4.57 Å². The Labute approximate surface area is 485 Å². The predicted molar refractivity (Wildman–Crippen MR) is 334 cm³/mol. The molecule has 0 aliphatic heterocycles. The van der Waals surface area contributed by atoms with Gasteiger partial charge in [-0.3, -0.25) is 23.4 Å². The second-order valence-electron chi connectivity index (χ2n) is 19.0. The molecule has 0 heterocycles. The Kier molecular flexibility index (Phi) is 56.1. The highest BCUT2D eigenvalue weighted by Crippen LogP contribution is 2.43. The fourth-order valence-corrected chi connectivity index (χ4v) is 7.95. The van der Waals surface area contributed by atoms with Crippen LogP contribution in [0.4, 0.5) is 0 Å². The summed E-state index contributed by atoms with van der Waals surface area (Å²) in [5, 5.41) is 9.84. The predicted octanol–water partition coefficient (Wildman–Crippen LogP) is 18.2. The van der Waals surface area contributed by atoms with Gasteiger partial charge in [0, 0.05) is 19.3 Å². The van der Waals surface area contributed by atoms with Crippen LogP contribution in [0.3, 0.4) is 0 Å². The number of phosphoric acid groups is 1. The van der Waals surface area contributed by atoms with Crippen molar-refractivity contribution in [2.45, 2.75) is 213 Å². The van der Waals surface area contributed by atoms with Gasteiger partial charge < -0.3 is 24.2 Å². The van der Waals surface area contributed by atoms with Crippen molar-refractivity contribution in [2.24, 2.45) is 0 Å². The number of carbonyl (C=O) groups excluding carboxylic acids is 3. The summed E-state index contributed by atoms with van der Waals surface area (Å²) >= 11 is 0. The van der Waals surface area contributed by atoms with Gasteiger partial charge in [-0.05, 0) is 148 Å². The summed E-state index contributed by atoms with van der Waals surface area (Å²) in [5.74, 6) is -1.61. The summed E-state index contributed by atoms with van der Waals surface area (Å²) in [6.45, 7) is 4.15. The van der Waals surface area contributed by atoms with Gasteiger partial charge in [-0.1, -0.05) is 204 Å². The minimum Gasteiger partial charge on any atom is -0.462 e. The van der Waals surface area contributed by atoms with E-state index >= 15 is 0 Å². The third-order valence-corrected chi connectivity index (χ3v) is 12.6. The lowest BCUT2D eigenvalue weighted by atomic mass is 10.1. The topological polar surface area (TPSA) is 155 Å². The first-order valence-electron chi connectivity index (χ1n) is 30.0. The lowest BCUT2D eigenvalue weighted by Gasteiger charge is -2.21. The number of hydrogen-bond donors (Lipinski definition) is 2. The number of hydrogen-bond acceptors (Lipinski definition) is 10. The molecule has 0 aliphatic carbocycles. The van der Waals surface area contributed by atoms with Crippen LogP contribution in [-0.4, -0.2) is 66.5 Å². The highest BCUT2D eigenvalue weighted by atomic mass is 31.2. The van der Waals surface area contributed by atoms with Crippen LogP contribution < -0.4 is 0 Å². The van der Waals surface area contributed by atoms with E-state index in [1.165, 1.54) is 0 Å². The third kappa shape index (κ3) is 57.5. The standard InChI is InChI=1S/C68H105O11P/c1-4-7-10-13-16-19-22-25-28-30-32-34-37-40-43-46-49-52-55-58-67(71)78-64(60-69)62-76-80(73,74)77-63-65(61-75-66(70)57-54-51-48-45-42-39-36-27-24-21-18-15-12-9-6-3)79-68(72)59-56-53-50-47-44-41-38-35-33-31-29-26-23-20-17-14-11-8-5-2/h7-12,16-21,25-29,32-36,40-45,64-65,69H,4-6,13-15,22-24,30-31,37-39,46-63H2,1-3H3,(H,73,74)/b10-7-,11-8-,12-9-,19-16-,20-17-,21-18-,28-25-,29-26-,34-32-,35-33-,36-27-,43-40-,44-41-,45-42-. The lowest BCUT2D eigenvalue weighted by molar-refractivity contribution is -0.161. The molecule has 0 aromatic rings. The highest BCUT2D eigenvalue weighted by Gasteiger charge is 2.28. The molecule has 0 amide bonds. The van der Waals surface area contributed by atoms with Crippen LogP contribution in [0, 0.1) is 0 Å². The van der Waals surface area contributed by atoms with Gasteiger partial charge in [-0.15, -0.1) is 0 Å². The van der Waals surface area contributed by atoms with Crippen LogP contribution in [0.15, 0.2) is 170 Å². The molecule has 0 aliphatic rings. The van der Waals surface area contributed by atoms with Gasteiger partial charge in [0.1, 0.15) is 12.7 Å². The lowest BCUT2D eigenvalue weighted by Crippen LogP contribution is -2.30. The maximum absolute atomic E-state index is 12.9. The number of allylic oxidation sites excluding steroid dienone is 28. The second-order valence-corrected chi connectivity index (χ2v) is 20.5. The van der Waals surface area contributed by atoms with Gasteiger partial charge in [-0.2, -0.15) is 0 Å². The maximum atomic E-state index is 12.9. The van der Waals surface area contributed by atoms with E-state index in [0.717, 1.165) is 141 Å². The third-order valence-electron chi connectivity index (χ3n) is 11.6. The van der Waals surface area contributed by atoms with E-state index in [4.69, 9.17) is 23.3 Å². The van der Waals surface area contributed by atoms with Gasteiger partial charge in [0.2, 0.25) is 0 Å². The number of esters is 3. The molecule has 80 heavy (non-hydrogen) atoms. The first-order valence-corrected chi connectivity index (χ1v) is 31.5. The Morgan fingerprint density at radius 1 is 0.350 bits per heavy atom. The van der Waals surface area contributed by atoms with Crippen molar-refractivity contribution < 1.29 is 52.2 Å². The van der Waals surface area contributed by atoms with Crippen molar-refractivity contribution >= 4 is 25.7 Å². The Bertz CT molecular complexity index is 1990. The molecule has 3 atom stereocenters. The van der Waals surface area contributed by atoms with E-state index in [0.29, 0.717) is 19.3 Å². The molecule has 0 saturated carbocycles. The van der Waals surface area contributed by atoms with Crippen LogP contribution in [-0.2, 0) is 42.2 Å². The molecule has 0 saturated heterocycles. The largest absolute Gasteiger partial charge is 0.472 e. The number of unbranched alkanes of at least 4 members (excludes halogenated alkanes) is 8. The number of carbonyl (C=O) groups is 3. The Morgan fingerprint density at radius 3 is 0.938 bits per heavy atom. The van der Waals surface area contributed by atoms with E-state index < -0.39 is 57.8 Å². The van der Waals surface area contributed by atoms with E-state index in [9.17, 15) is 28.9 Å². The van der Waals surface area contributed by atoms with E-state index in [1.807, 2.05) is 0 Å². The molecule has 0 bridgehead atoms. The number of rotatable bonds is 53. The number of ether oxygens (including phenoxy) is 3. The van der Waals surface area contributed by atoms with E-state index in [-0.39, 0.29) is 25.9 Å². The molecular formula is C68H105O11P. The zero-order chi connectivity index (χ0) is 58.3. The minimum atomic E-state index is -4.79. The van der Waals surface area contributed by atoms with Gasteiger partial charge in [0.05, 0.1) is 19.8 Å². The zero-order valence-electron chi connectivity index (χ0n) is 49.5. The van der Waals surface area contributed by atoms with Crippen LogP contribution in [0.5, 0.6) is 0 Å². The van der Waals surface area contributed by atoms with Crippen molar-refractivity contribution in [3.05, 3.63) is 170 Å². The zero-order valence-corrected chi connectivity index (χ0v) is 50.4. The van der Waals surface area contributed by atoms with Crippen molar-refractivity contribution in [3.8, 4) is 0 Å². The number of aliphatic hydroxyl groups excluding tert-OH is 1. The quantitative estimate of drug-likeness (QED) is 0.0197. The molecular weight excluding hydrogens is 1020 g/mol. The van der Waals surface area contributed by atoms with Crippen LogP contribution in [0.2, 0.25) is 0 Å². The molecule has 0 fully saturated rings. The maximum Gasteiger partial charge on any atom is 0.472 e. The normalized spacial score (nSPS) is 14.5. The minimum absolute atomic E-state index is 0.106. The molecule has 448 valence electrons. The average molecular weight is 1130 g/mol. The molecule has 2 N–H and O–H groups in total.